The average molecular weight is 214 g/mol. The number of rotatable bonds is 2. The third-order valence-corrected chi connectivity index (χ3v) is 2.82. The van der Waals surface area contributed by atoms with E-state index in [9.17, 15) is 0 Å². The Labute approximate surface area is 96.7 Å². The second-order valence-electron chi connectivity index (χ2n) is 4.84. The fraction of sp³-hybridized carbons (Fsp3) is 0.429. The Morgan fingerprint density at radius 2 is 1.81 bits per heavy atom. The van der Waals surface area contributed by atoms with Crippen molar-refractivity contribution in [2.45, 2.75) is 39.5 Å². The molecule has 2 aromatic heterocycles. The van der Waals surface area contributed by atoms with Gasteiger partial charge in [0.1, 0.15) is 0 Å². The minimum atomic E-state index is 0.436. The first-order valence-corrected chi connectivity index (χ1v) is 5.84. The van der Waals surface area contributed by atoms with Crippen LogP contribution in [0.1, 0.15) is 50.9 Å². The number of fused-ring (bicyclic) bond motifs is 1. The maximum Gasteiger partial charge on any atom is 0.0526 e. The highest BCUT2D eigenvalue weighted by Gasteiger charge is 2.11. The standard InChI is InChI=1S/C14H18N2/c1-9(2)13-7-11-5-6-15-8-12(11)14(16-13)10(3)4/h5-10H,1-4H3. The molecule has 0 aliphatic rings. The summed E-state index contributed by atoms with van der Waals surface area (Å²) >= 11 is 0. The Morgan fingerprint density at radius 1 is 1.06 bits per heavy atom. The lowest BCUT2D eigenvalue weighted by molar-refractivity contribution is 0.774. The molecule has 16 heavy (non-hydrogen) atoms. The van der Waals surface area contributed by atoms with Gasteiger partial charge in [-0.15, -0.1) is 0 Å². The lowest BCUT2D eigenvalue weighted by atomic mass is 10.00. The van der Waals surface area contributed by atoms with E-state index >= 15 is 0 Å². The van der Waals surface area contributed by atoms with Crippen molar-refractivity contribution < 1.29 is 0 Å². The summed E-state index contributed by atoms with van der Waals surface area (Å²) in [5.74, 6) is 0.903. The van der Waals surface area contributed by atoms with E-state index < -0.39 is 0 Å². The third-order valence-electron chi connectivity index (χ3n) is 2.82. The van der Waals surface area contributed by atoms with Gasteiger partial charge in [0.25, 0.3) is 0 Å². The van der Waals surface area contributed by atoms with Gasteiger partial charge in [0.2, 0.25) is 0 Å². The van der Waals surface area contributed by atoms with Gasteiger partial charge in [-0.2, -0.15) is 0 Å². The van der Waals surface area contributed by atoms with Gasteiger partial charge in [0.15, 0.2) is 0 Å². The molecule has 0 N–H and O–H groups in total. The molecular weight excluding hydrogens is 196 g/mol. The van der Waals surface area contributed by atoms with Gasteiger partial charge >= 0.3 is 0 Å². The Morgan fingerprint density at radius 3 is 2.44 bits per heavy atom. The number of nitrogens with zero attached hydrogens (tertiary/aromatic N) is 2. The zero-order valence-corrected chi connectivity index (χ0v) is 10.4. The van der Waals surface area contributed by atoms with Crippen molar-refractivity contribution in [2.24, 2.45) is 0 Å². The molecule has 2 heterocycles. The molecule has 2 aromatic rings. The summed E-state index contributed by atoms with van der Waals surface area (Å²) in [6.07, 6.45) is 3.76. The maximum absolute atomic E-state index is 4.76. The van der Waals surface area contributed by atoms with Crippen molar-refractivity contribution in [1.29, 1.82) is 0 Å². The van der Waals surface area contributed by atoms with Crippen molar-refractivity contribution in [3.8, 4) is 0 Å². The van der Waals surface area contributed by atoms with Crippen molar-refractivity contribution in [3.05, 3.63) is 35.9 Å². The molecule has 0 saturated carbocycles. The summed E-state index contributed by atoms with van der Waals surface area (Å²) in [7, 11) is 0. The molecule has 0 aliphatic heterocycles. The molecule has 2 rings (SSSR count). The first-order valence-electron chi connectivity index (χ1n) is 5.84. The Hall–Kier alpha value is -1.44. The van der Waals surface area contributed by atoms with E-state index in [1.807, 2.05) is 12.4 Å². The largest absolute Gasteiger partial charge is 0.264 e. The van der Waals surface area contributed by atoms with Gasteiger partial charge < -0.3 is 0 Å². The molecule has 0 amide bonds. The van der Waals surface area contributed by atoms with Gasteiger partial charge in [0, 0.05) is 23.5 Å². The van der Waals surface area contributed by atoms with Crippen molar-refractivity contribution in [2.75, 3.05) is 0 Å². The molecule has 0 atom stereocenters. The van der Waals surface area contributed by atoms with Crippen LogP contribution in [0.3, 0.4) is 0 Å². The van der Waals surface area contributed by atoms with Crippen molar-refractivity contribution >= 4 is 10.8 Å². The second-order valence-corrected chi connectivity index (χ2v) is 4.84. The van der Waals surface area contributed by atoms with E-state index in [0.717, 1.165) is 5.69 Å². The van der Waals surface area contributed by atoms with Crippen LogP contribution < -0.4 is 0 Å². The minimum absolute atomic E-state index is 0.436. The van der Waals surface area contributed by atoms with Crippen LogP contribution in [-0.2, 0) is 0 Å². The SMILES string of the molecule is CC(C)c1cc2ccncc2c(C(C)C)n1. The molecule has 84 valence electrons. The predicted molar refractivity (Wildman–Crippen MR) is 67.7 cm³/mol. The van der Waals surface area contributed by atoms with Gasteiger partial charge in [-0.3, -0.25) is 9.97 Å². The van der Waals surface area contributed by atoms with E-state index in [1.165, 1.54) is 16.5 Å². The smallest absolute Gasteiger partial charge is 0.0526 e. The van der Waals surface area contributed by atoms with E-state index in [0.29, 0.717) is 11.8 Å². The van der Waals surface area contributed by atoms with Crippen LogP contribution in [0.25, 0.3) is 10.8 Å². The van der Waals surface area contributed by atoms with Crippen LogP contribution in [0.5, 0.6) is 0 Å². The Balaban J connectivity index is 2.74. The highest BCUT2D eigenvalue weighted by atomic mass is 14.7. The molecule has 0 fully saturated rings. The molecule has 0 spiro atoms. The van der Waals surface area contributed by atoms with Crippen molar-refractivity contribution in [3.63, 3.8) is 0 Å². The van der Waals surface area contributed by atoms with Crippen LogP contribution in [0.4, 0.5) is 0 Å². The number of pyridine rings is 2. The topological polar surface area (TPSA) is 25.8 Å². The van der Waals surface area contributed by atoms with Crippen LogP contribution >= 0.6 is 0 Å². The van der Waals surface area contributed by atoms with E-state index in [4.69, 9.17) is 4.98 Å². The highest BCUT2D eigenvalue weighted by Crippen LogP contribution is 2.26. The summed E-state index contributed by atoms with van der Waals surface area (Å²) in [6.45, 7) is 8.72. The average Bonchev–Trinajstić information content (AvgIpc) is 2.27. The lowest BCUT2D eigenvalue weighted by Gasteiger charge is -2.13. The first kappa shape index (κ1) is 11.1. The van der Waals surface area contributed by atoms with Gasteiger partial charge in [-0.25, -0.2) is 0 Å². The molecule has 0 saturated heterocycles. The molecule has 0 bridgehead atoms. The number of hydrogen-bond donors (Lipinski definition) is 0. The zero-order chi connectivity index (χ0) is 11.7. The zero-order valence-electron chi connectivity index (χ0n) is 10.4. The van der Waals surface area contributed by atoms with Gasteiger partial charge in [-0.05, 0) is 29.4 Å². The maximum atomic E-state index is 4.76. The van der Waals surface area contributed by atoms with Crippen LogP contribution in [-0.4, -0.2) is 9.97 Å². The monoisotopic (exact) mass is 214 g/mol. The Kier molecular flexibility index (Phi) is 2.90. The molecule has 2 nitrogen and oxygen atoms in total. The molecule has 2 heteroatoms. The number of aromatic nitrogens is 2. The third kappa shape index (κ3) is 1.92. The quantitative estimate of drug-likeness (QED) is 0.758. The predicted octanol–water partition coefficient (Wildman–Crippen LogP) is 3.88. The minimum Gasteiger partial charge on any atom is -0.264 e. The van der Waals surface area contributed by atoms with E-state index in [2.05, 4.69) is 44.8 Å². The van der Waals surface area contributed by atoms with Gasteiger partial charge in [-0.1, -0.05) is 27.7 Å². The summed E-state index contributed by atoms with van der Waals surface area (Å²) in [4.78, 5) is 8.95. The molecule has 0 radical (unpaired) electrons. The van der Waals surface area contributed by atoms with Crippen LogP contribution in [0.15, 0.2) is 24.5 Å². The van der Waals surface area contributed by atoms with E-state index in [1.54, 1.807) is 0 Å². The van der Waals surface area contributed by atoms with Gasteiger partial charge in [0.05, 0.1) is 5.69 Å². The normalized spacial score (nSPS) is 11.6. The molecule has 0 aromatic carbocycles. The summed E-state index contributed by atoms with van der Waals surface area (Å²) in [5.41, 5.74) is 2.33. The molecular formula is C14H18N2. The lowest BCUT2D eigenvalue weighted by Crippen LogP contribution is -2.01. The van der Waals surface area contributed by atoms with Crippen LogP contribution in [0, 0.1) is 0 Å². The number of hydrogen-bond acceptors (Lipinski definition) is 2. The van der Waals surface area contributed by atoms with Crippen molar-refractivity contribution in [1.82, 2.24) is 9.97 Å². The molecule has 0 unspecified atom stereocenters. The first-order chi connectivity index (χ1) is 7.59. The van der Waals surface area contributed by atoms with E-state index in [-0.39, 0.29) is 0 Å². The fourth-order valence-corrected chi connectivity index (χ4v) is 1.87. The highest BCUT2D eigenvalue weighted by molar-refractivity contribution is 5.84. The fourth-order valence-electron chi connectivity index (χ4n) is 1.87. The Bertz CT molecular complexity index is 501. The summed E-state index contributed by atoms with van der Waals surface area (Å²) in [5, 5.41) is 2.43. The second kappa shape index (κ2) is 4.20. The summed E-state index contributed by atoms with van der Waals surface area (Å²) in [6, 6.07) is 4.24. The summed E-state index contributed by atoms with van der Waals surface area (Å²) < 4.78 is 0. The molecule has 0 aliphatic carbocycles. The van der Waals surface area contributed by atoms with Crippen LogP contribution in [0.2, 0.25) is 0 Å².